The molecule has 2 fully saturated rings. The number of aliphatic hydroxyl groups is 8. The molecule has 0 aromatic heterocycles. The monoisotopic (exact) mass is 1030 g/mol. The summed E-state index contributed by atoms with van der Waals surface area (Å²) in [6, 6.07) is -0.917. The molecule has 0 aromatic rings. The van der Waals surface area contributed by atoms with E-state index in [0.29, 0.717) is 6.42 Å². The minimum absolute atomic E-state index is 0.246. The lowest BCUT2D eigenvalue weighted by molar-refractivity contribution is -0.359. The van der Waals surface area contributed by atoms with Crippen molar-refractivity contribution in [3.05, 3.63) is 24.3 Å². The highest BCUT2D eigenvalue weighted by Gasteiger charge is 2.51. The molecule has 0 saturated carbocycles. The maximum Gasteiger partial charge on any atom is 0.220 e. The summed E-state index contributed by atoms with van der Waals surface area (Å²) in [7, 11) is 0. The minimum atomic E-state index is -1.79. The summed E-state index contributed by atoms with van der Waals surface area (Å²) in [4.78, 5) is 13.2. The molecule has 2 aliphatic heterocycles. The van der Waals surface area contributed by atoms with Crippen molar-refractivity contribution >= 4 is 5.91 Å². The molecule has 2 aliphatic rings. The molecule has 424 valence electrons. The van der Waals surface area contributed by atoms with E-state index in [9.17, 15) is 45.6 Å². The van der Waals surface area contributed by atoms with Crippen molar-refractivity contribution in [2.75, 3.05) is 19.8 Å². The quantitative estimate of drug-likeness (QED) is 0.0205. The van der Waals surface area contributed by atoms with Crippen LogP contribution in [-0.4, -0.2) is 140 Å². The molecule has 12 unspecified atom stereocenters. The fraction of sp³-hybridized carbons (Fsp3) is 0.914. The maximum absolute atomic E-state index is 13.2. The molecule has 0 radical (unpaired) electrons. The second-order valence-corrected chi connectivity index (χ2v) is 21.1. The molecular weight excluding hydrogens is 919 g/mol. The van der Waals surface area contributed by atoms with Gasteiger partial charge in [-0.1, -0.05) is 218 Å². The predicted octanol–water partition coefficient (Wildman–Crippen LogP) is 9.67. The lowest BCUT2D eigenvalue weighted by atomic mass is 9.97. The normalized spacial score (nSPS) is 25.7. The van der Waals surface area contributed by atoms with Crippen molar-refractivity contribution < 1.29 is 64.6 Å². The van der Waals surface area contributed by atoms with Gasteiger partial charge in [-0.2, -0.15) is 0 Å². The van der Waals surface area contributed by atoms with Gasteiger partial charge in [0.25, 0.3) is 0 Å². The highest BCUT2D eigenvalue weighted by Crippen LogP contribution is 2.30. The molecular formula is C58H109NO13. The number of aliphatic hydroxyl groups excluding tert-OH is 8. The Morgan fingerprint density at radius 3 is 1.32 bits per heavy atom. The number of hydrogen-bond acceptors (Lipinski definition) is 13. The standard InChI is InChI=1S/C58H109NO13/c1-3-5-7-9-11-13-15-17-19-21-22-23-24-25-26-27-29-31-33-35-37-39-41-47(62)46(59-50(63)42-40-38-36-34-32-30-28-20-18-16-14-12-10-8-6-4-2)45-69-57-55(68)53(66)56(49(44-61)71-57)72-58-54(67)52(65)51(64)48(43-60)70-58/h20,28,39,41,46-49,51-58,60-62,64-68H,3-19,21-27,29-38,40,42-45H2,1-2H3,(H,59,63)/b28-20-,41-39+. The van der Waals surface area contributed by atoms with Gasteiger partial charge in [0.1, 0.15) is 48.8 Å². The van der Waals surface area contributed by atoms with Gasteiger partial charge in [0, 0.05) is 6.42 Å². The predicted molar refractivity (Wildman–Crippen MR) is 286 cm³/mol. The molecule has 0 bridgehead atoms. The maximum atomic E-state index is 13.2. The molecule has 0 aromatic carbocycles. The third kappa shape index (κ3) is 30.3. The van der Waals surface area contributed by atoms with Crippen LogP contribution in [0.4, 0.5) is 0 Å². The summed E-state index contributed by atoms with van der Waals surface area (Å²) >= 11 is 0. The van der Waals surface area contributed by atoms with Crippen molar-refractivity contribution in [3.63, 3.8) is 0 Å². The number of carbonyl (C=O) groups excluding carboxylic acids is 1. The summed E-state index contributed by atoms with van der Waals surface area (Å²) in [5, 5.41) is 87.0. The van der Waals surface area contributed by atoms with Crippen LogP contribution in [0.1, 0.15) is 245 Å². The van der Waals surface area contributed by atoms with Gasteiger partial charge < -0.3 is 65.1 Å². The van der Waals surface area contributed by atoms with Crippen LogP contribution in [-0.2, 0) is 23.7 Å². The first-order valence-electron chi connectivity index (χ1n) is 29.6. The number of carbonyl (C=O) groups is 1. The molecule has 12 atom stereocenters. The van der Waals surface area contributed by atoms with Crippen LogP contribution in [0.15, 0.2) is 24.3 Å². The van der Waals surface area contributed by atoms with Gasteiger partial charge in [-0.15, -0.1) is 0 Å². The van der Waals surface area contributed by atoms with Crippen LogP contribution >= 0.6 is 0 Å². The Morgan fingerprint density at radius 2 is 0.875 bits per heavy atom. The van der Waals surface area contributed by atoms with Crippen molar-refractivity contribution in [2.45, 2.75) is 319 Å². The van der Waals surface area contributed by atoms with Gasteiger partial charge in [0.2, 0.25) is 5.91 Å². The largest absolute Gasteiger partial charge is 0.394 e. The van der Waals surface area contributed by atoms with Crippen molar-refractivity contribution in [3.8, 4) is 0 Å². The Kier molecular flexibility index (Phi) is 41.2. The van der Waals surface area contributed by atoms with Crippen LogP contribution in [0.2, 0.25) is 0 Å². The first kappa shape index (κ1) is 66.6. The summed E-state index contributed by atoms with van der Waals surface area (Å²) in [5.74, 6) is -0.246. The number of rotatable bonds is 47. The first-order valence-corrected chi connectivity index (χ1v) is 29.6. The summed E-state index contributed by atoms with van der Waals surface area (Å²) < 4.78 is 22.8. The Balaban J connectivity index is 1.78. The number of hydrogen-bond donors (Lipinski definition) is 9. The Morgan fingerprint density at radius 1 is 0.486 bits per heavy atom. The Hall–Kier alpha value is -1.53. The molecule has 0 aliphatic carbocycles. The highest BCUT2D eigenvalue weighted by atomic mass is 16.7. The van der Waals surface area contributed by atoms with E-state index in [1.54, 1.807) is 6.08 Å². The molecule has 9 N–H and O–H groups in total. The van der Waals surface area contributed by atoms with Gasteiger partial charge in [0.15, 0.2) is 12.6 Å². The SMILES string of the molecule is CCCCCCCCC/C=C\CCCCCCCC(=O)NC(COC1OC(CO)C(OC2OC(CO)C(O)C(O)C2O)C(O)C1O)C(O)/C=C/CCCCCCCCCCCCCCCCCCCCCC. The number of unbranched alkanes of at least 4 members (excludes halogenated alkanes) is 32. The van der Waals surface area contributed by atoms with E-state index in [1.165, 1.54) is 161 Å². The van der Waals surface area contributed by atoms with Crippen molar-refractivity contribution in [1.29, 1.82) is 0 Å². The third-order valence-electron chi connectivity index (χ3n) is 14.6. The molecule has 14 heteroatoms. The van der Waals surface area contributed by atoms with E-state index in [0.717, 1.165) is 57.8 Å². The van der Waals surface area contributed by atoms with Gasteiger partial charge in [-0.3, -0.25) is 4.79 Å². The molecule has 1 amide bonds. The van der Waals surface area contributed by atoms with Crippen LogP contribution in [0.3, 0.4) is 0 Å². The zero-order valence-electron chi connectivity index (χ0n) is 45.4. The third-order valence-corrected chi connectivity index (χ3v) is 14.6. The van der Waals surface area contributed by atoms with E-state index < -0.39 is 86.8 Å². The summed E-state index contributed by atoms with van der Waals surface area (Å²) in [6.45, 7) is 2.81. The van der Waals surface area contributed by atoms with Crippen molar-refractivity contribution in [2.24, 2.45) is 0 Å². The molecule has 2 saturated heterocycles. The highest BCUT2D eigenvalue weighted by molar-refractivity contribution is 5.76. The van der Waals surface area contributed by atoms with Crippen LogP contribution in [0, 0.1) is 0 Å². The van der Waals surface area contributed by atoms with E-state index in [2.05, 4.69) is 31.3 Å². The van der Waals surface area contributed by atoms with Gasteiger partial charge in [0.05, 0.1) is 32.0 Å². The lowest BCUT2D eigenvalue weighted by Crippen LogP contribution is -2.65. The minimum Gasteiger partial charge on any atom is -0.394 e. The molecule has 2 rings (SSSR count). The molecule has 72 heavy (non-hydrogen) atoms. The van der Waals surface area contributed by atoms with Crippen LogP contribution in [0.25, 0.3) is 0 Å². The average molecular weight is 1030 g/mol. The van der Waals surface area contributed by atoms with E-state index in [-0.39, 0.29) is 18.9 Å². The topological polar surface area (TPSA) is 228 Å². The molecule has 0 spiro atoms. The fourth-order valence-corrected chi connectivity index (χ4v) is 9.82. The van der Waals surface area contributed by atoms with E-state index >= 15 is 0 Å². The molecule has 14 nitrogen and oxygen atoms in total. The van der Waals surface area contributed by atoms with Gasteiger partial charge >= 0.3 is 0 Å². The number of ether oxygens (including phenoxy) is 4. The summed E-state index contributed by atoms with van der Waals surface area (Å²) in [5.41, 5.74) is 0. The second-order valence-electron chi connectivity index (χ2n) is 21.1. The summed E-state index contributed by atoms with van der Waals surface area (Å²) in [6.07, 6.45) is 35.0. The fourth-order valence-electron chi connectivity index (χ4n) is 9.82. The smallest absolute Gasteiger partial charge is 0.220 e. The number of nitrogens with one attached hydrogen (secondary N) is 1. The first-order chi connectivity index (χ1) is 35.1. The second kappa shape index (κ2) is 44.6. The number of allylic oxidation sites excluding steroid dienone is 3. The van der Waals surface area contributed by atoms with Crippen LogP contribution in [0.5, 0.6) is 0 Å². The van der Waals surface area contributed by atoms with E-state index in [4.69, 9.17) is 18.9 Å². The van der Waals surface area contributed by atoms with Crippen molar-refractivity contribution in [1.82, 2.24) is 5.32 Å². The van der Waals surface area contributed by atoms with Crippen LogP contribution < -0.4 is 5.32 Å². The Bertz CT molecular complexity index is 1300. The zero-order chi connectivity index (χ0) is 52.4. The van der Waals surface area contributed by atoms with Gasteiger partial charge in [-0.05, 0) is 44.9 Å². The molecule has 2 heterocycles. The van der Waals surface area contributed by atoms with E-state index in [1.807, 2.05) is 6.08 Å². The zero-order valence-corrected chi connectivity index (χ0v) is 45.4. The number of amides is 1. The average Bonchev–Trinajstić information content (AvgIpc) is 3.38. The Labute approximate surface area is 437 Å². The van der Waals surface area contributed by atoms with Gasteiger partial charge in [-0.25, -0.2) is 0 Å². The lowest BCUT2D eigenvalue weighted by Gasteiger charge is -2.46.